The normalized spacial score (nSPS) is 10.6. The Bertz CT molecular complexity index is 615. The van der Waals surface area contributed by atoms with E-state index in [1.54, 1.807) is 18.8 Å². The van der Waals surface area contributed by atoms with Crippen LogP contribution in [-0.4, -0.2) is 9.55 Å². The van der Waals surface area contributed by atoms with E-state index in [9.17, 15) is 0 Å². The van der Waals surface area contributed by atoms with E-state index < -0.39 is 0 Å². The third kappa shape index (κ3) is 1.85. The van der Waals surface area contributed by atoms with Gasteiger partial charge in [-0.3, -0.25) is 0 Å². The van der Waals surface area contributed by atoms with Gasteiger partial charge < -0.3 is 8.98 Å². The van der Waals surface area contributed by atoms with Gasteiger partial charge in [0, 0.05) is 23.0 Å². The number of halogens is 1. The number of nitrogens with zero attached hydrogens (tertiary/aromatic N) is 2. The SMILES string of the molecule is Clc1ccc(-n2ccnc2)c(-c2ccco2)c1. The van der Waals surface area contributed by atoms with E-state index in [-0.39, 0.29) is 0 Å². The molecule has 0 atom stereocenters. The zero-order valence-electron chi connectivity index (χ0n) is 8.88. The molecule has 0 fully saturated rings. The Morgan fingerprint density at radius 3 is 2.88 bits per heavy atom. The highest BCUT2D eigenvalue weighted by Crippen LogP contribution is 2.29. The minimum atomic E-state index is 0.681. The lowest BCUT2D eigenvalue weighted by molar-refractivity contribution is 0.582. The quantitative estimate of drug-likeness (QED) is 0.687. The van der Waals surface area contributed by atoms with Crippen molar-refractivity contribution in [2.45, 2.75) is 0 Å². The van der Waals surface area contributed by atoms with Crippen LogP contribution in [0.25, 0.3) is 17.0 Å². The van der Waals surface area contributed by atoms with E-state index in [1.807, 2.05) is 41.1 Å². The van der Waals surface area contributed by atoms with Gasteiger partial charge in [0.15, 0.2) is 0 Å². The molecule has 0 N–H and O–H groups in total. The molecule has 17 heavy (non-hydrogen) atoms. The largest absolute Gasteiger partial charge is 0.464 e. The first kappa shape index (κ1) is 10.2. The summed E-state index contributed by atoms with van der Waals surface area (Å²) in [5.74, 6) is 0.788. The highest BCUT2D eigenvalue weighted by atomic mass is 35.5. The van der Waals surface area contributed by atoms with Crippen LogP contribution in [0.1, 0.15) is 0 Å². The molecule has 3 nitrogen and oxygen atoms in total. The molecule has 0 saturated carbocycles. The lowest BCUT2D eigenvalue weighted by atomic mass is 10.1. The van der Waals surface area contributed by atoms with E-state index >= 15 is 0 Å². The lowest BCUT2D eigenvalue weighted by Crippen LogP contribution is -1.93. The first-order valence-corrected chi connectivity index (χ1v) is 5.54. The molecular weight excluding hydrogens is 236 g/mol. The van der Waals surface area contributed by atoms with Gasteiger partial charge in [-0.05, 0) is 30.3 Å². The lowest BCUT2D eigenvalue weighted by Gasteiger charge is -2.08. The minimum Gasteiger partial charge on any atom is -0.464 e. The standard InChI is InChI=1S/C13H9ClN2O/c14-10-3-4-12(16-6-5-15-9-16)11(8-10)13-2-1-7-17-13/h1-9H. The van der Waals surface area contributed by atoms with Gasteiger partial charge in [0.1, 0.15) is 5.76 Å². The molecule has 0 spiro atoms. The second-order valence-corrected chi connectivity index (χ2v) is 4.05. The molecule has 0 saturated heterocycles. The van der Waals surface area contributed by atoms with Gasteiger partial charge in [0.25, 0.3) is 0 Å². The Hall–Kier alpha value is -2.00. The van der Waals surface area contributed by atoms with E-state index in [0.29, 0.717) is 5.02 Å². The van der Waals surface area contributed by atoms with Crippen LogP contribution in [-0.2, 0) is 0 Å². The third-order valence-electron chi connectivity index (χ3n) is 2.53. The number of rotatable bonds is 2. The summed E-state index contributed by atoms with van der Waals surface area (Å²) in [5, 5.41) is 0.681. The molecule has 0 unspecified atom stereocenters. The molecule has 3 rings (SSSR count). The fourth-order valence-corrected chi connectivity index (χ4v) is 1.94. The first-order chi connectivity index (χ1) is 8.34. The van der Waals surface area contributed by atoms with Crippen molar-refractivity contribution in [2.75, 3.05) is 0 Å². The highest BCUT2D eigenvalue weighted by Gasteiger charge is 2.09. The van der Waals surface area contributed by atoms with Crippen molar-refractivity contribution in [1.82, 2.24) is 9.55 Å². The van der Waals surface area contributed by atoms with E-state index in [0.717, 1.165) is 17.0 Å². The van der Waals surface area contributed by atoms with Gasteiger partial charge in [-0.1, -0.05) is 11.6 Å². The van der Waals surface area contributed by atoms with Crippen molar-refractivity contribution in [1.29, 1.82) is 0 Å². The van der Waals surface area contributed by atoms with Gasteiger partial charge in [-0.15, -0.1) is 0 Å². The molecule has 0 aliphatic rings. The van der Waals surface area contributed by atoms with Crippen LogP contribution in [0.15, 0.2) is 59.7 Å². The molecule has 2 aromatic heterocycles. The Morgan fingerprint density at radius 1 is 1.24 bits per heavy atom. The van der Waals surface area contributed by atoms with E-state index in [4.69, 9.17) is 16.0 Å². The predicted octanol–water partition coefficient (Wildman–Crippen LogP) is 3.79. The number of hydrogen-bond acceptors (Lipinski definition) is 2. The molecule has 0 amide bonds. The Labute approximate surface area is 103 Å². The predicted molar refractivity (Wildman–Crippen MR) is 66.3 cm³/mol. The van der Waals surface area contributed by atoms with Gasteiger partial charge in [0.2, 0.25) is 0 Å². The zero-order valence-corrected chi connectivity index (χ0v) is 9.63. The van der Waals surface area contributed by atoms with Crippen molar-refractivity contribution < 1.29 is 4.42 Å². The van der Waals surface area contributed by atoms with Gasteiger partial charge in [-0.25, -0.2) is 4.98 Å². The molecule has 0 radical (unpaired) electrons. The van der Waals surface area contributed by atoms with Crippen molar-refractivity contribution in [3.05, 3.63) is 60.3 Å². The van der Waals surface area contributed by atoms with Crippen LogP contribution in [0.2, 0.25) is 5.02 Å². The van der Waals surface area contributed by atoms with Crippen LogP contribution in [0, 0.1) is 0 Å². The van der Waals surface area contributed by atoms with Gasteiger partial charge in [-0.2, -0.15) is 0 Å². The molecule has 0 bridgehead atoms. The summed E-state index contributed by atoms with van der Waals surface area (Å²) >= 11 is 6.03. The number of aromatic nitrogens is 2. The van der Waals surface area contributed by atoms with Gasteiger partial charge in [0.05, 0.1) is 18.3 Å². The minimum absolute atomic E-state index is 0.681. The number of hydrogen-bond donors (Lipinski definition) is 0. The maximum absolute atomic E-state index is 6.03. The average molecular weight is 245 g/mol. The zero-order chi connectivity index (χ0) is 11.7. The fourth-order valence-electron chi connectivity index (χ4n) is 1.76. The van der Waals surface area contributed by atoms with Gasteiger partial charge >= 0.3 is 0 Å². The van der Waals surface area contributed by atoms with Crippen LogP contribution >= 0.6 is 11.6 Å². The second-order valence-electron chi connectivity index (χ2n) is 3.61. The topological polar surface area (TPSA) is 31.0 Å². The summed E-state index contributed by atoms with van der Waals surface area (Å²) < 4.78 is 7.35. The monoisotopic (exact) mass is 244 g/mol. The average Bonchev–Trinajstić information content (AvgIpc) is 3.02. The molecule has 0 aliphatic heterocycles. The van der Waals surface area contributed by atoms with E-state index in [1.165, 1.54) is 0 Å². The van der Waals surface area contributed by atoms with Crippen LogP contribution in [0.5, 0.6) is 0 Å². The molecular formula is C13H9ClN2O. The summed E-state index contributed by atoms with van der Waals surface area (Å²) in [5.41, 5.74) is 1.93. The van der Waals surface area contributed by atoms with Crippen LogP contribution in [0.3, 0.4) is 0 Å². The summed E-state index contributed by atoms with van der Waals surface area (Å²) in [4.78, 5) is 4.04. The molecule has 1 aromatic carbocycles. The summed E-state index contributed by atoms with van der Waals surface area (Å²) in [6.07, 6.45) is 7.01. The maximum atomic E-state index is 6.03. The Balaban J connectivity index is 2.22. The van der Waals surface area contributed by atoms with Crippen molar-refractivity contribution in [3.63, 3.8) is 0 Å². The Morgan fingerprint density at radius 2 is 2.18 bits per heavy atom. The number of imidazole rings is 1. The number of benzene rings is 1. The smallest absolute Gasteiger partial charge is 0.136 e. The van der Waals surface area contributed by atoms with Crippen LogP contribution in [0.4, 0.5) is 0 Å². The molecule has 2 heterocycles. The maximum Gasteiger partial charge on any atom is 0.136 e. The van der Waals surface area contributed by atoms with Crippen molar-refractivity contribution in [2.24, 2.45) is 0 Å². The molecule has 3 aromatic rings. The Kier molecular flexibility index (Phi) is 2.46. The number of furan rings is 1. The second kappa shape index (κ2) is 4.11. The first-order valence-electron chi connectivity index (χ1n) is 5.16. The van der Waals surface area contributed by atoms with E-state index in [2.05, 4.69) is 4.98 Å². The van der Waals surface area contributed by atoms with Crippen molar-refractivity contribution in [3.8, 4) is 17.0 Å². The summed E-state index contributed by atoms with van der Waals surface area (Å²) in [6.45, 7) is 0. The summed E-state index contributed by atoms with van der Waals surface area (Å²) in [7, 11) is 0. The van der Waals surface area contributed by atoms with Crippen LogP contribution < -0.4 is 0 Å². The summed E-state index contributed by atoms with van der Waals surface area (Å²) in [6, 6.07) is 9.45. The van der Waals surface area contributed by atoms with Crippen molar-refractivity contribution >= 4 is 11.6 Å². The molecule has 0 aliphatic carbocycles. The molecule has 84 valence electrons. The molecule has 4 heteroatoms. The fraction of sp³-hybridized carbons (Fsp3) is 0. The third-order valence-corrected chi connectivity index (χ3v) is 2.76. The highest BCUT2D eigenvalue weighted by molar-refractivity contribution is 6.31.